The largest absolute Gasteiger partial charge is 0.392 e. The third-order valence-electron chi connectivity index (χ3n) is 4.19. The summed E-state index contributed by atoms with van der Waals surface area (Å²) in [5, 5.41) is 2.66. The number of hydrogen-bond acceptors (Lipinski definition) is 4. The maximum Gasteiger partial charge on any atom is 0.327 e. The molecule has 4 nitrogen and oxygen atoms in total. The predicted octanol–water partition coefficient (Wildman–Crippen LogP) is 5.31. The van der Waals surface area contributed by atoms with Crippen molar-refractivity contribution in [3.63, 3.8) is 0 Å². The van der Waals surface area contributed by atoms with E-state index in [-0.39, 0.29) is 6.54 Å². The summed E-state index contributed by atoms with van der Waals surface area (Å²) in [6.07, 6.45) is 20.9. The van der Waals surface area contributed by atoms with E-state index in [1.54, 1.807) is 7.05 Å². The first-order valence-electron chi connectivity index (χ1n) is 10.2. The summed E-state index contributed by atoms with van der Waals surface area (Å²) in [6.45, 7) is 2.34. The summed E-state index contributed by atoms with van der Waals surface area (Å²) in [4.78, 5) is 22.5. The number of hydrogen-bond donors (Lipinski definition) is 1. The van der Waals surface area contributed by atoms with Gasteiger partial charge in [-0.15, -0.1) is 0 Å². The standard InChI is InChI=1S/C21H39NO3/c1-3-4-5-6-7-8-9-10-11-12-13-14-15-16-17-18-20(23)25-21(24)19-22-2/h10-11,22H,3-9,12-19H2,1-2H3/b11-10-. The van der Waals surface area contributed by atoms with Gasteiger partial charge in [0.2, 0.25) is 0 Å². The van der Waals surface area contributed by atoms with Crippen LogP contribution in [0.25, 0.3) is 0 Å². The molecule has 0 rings (SSSR count). The van der Waals surface area contributed by atoms with Crippen molar-refractivity contribution in [1.29, 1.82) is 0 Å². The Balaban J connectivity index is 3.26. The molecular formula is C21H39NO3. The Labute approximate surface area is 154 Å². The second kappa shape index (κ2) is 19.2. The fourth-order valence-corrected chi connectivity index (χ4v) is 2.70. The molecule has 0 spiro atoms. The zero-order valence-corrected chi connectivity index (χ0v) is 16.5. The molecule has 0 unspecified atom stereocenters. The molecule has 0 aromatic carbocycles. The van der Waals surface area contributed by atoms with Crippen LogP contribution in [0.3, 0.4) is 0 Å². The van der Waals surface area contributed by atoms with Crippen LogP contribution in [0.15, 0.2) is 12.2 Å². The maximum absolute atomic E-state index is 11.4. The SMILES string of the molecule is CCCCCCCC/C=C\CCCCCCCC(=O)OC(=O)CNC. The van der Waals surface area contributed by atoms with Gasteiger partial charge in [-0.25, -0.2) is 0 Å². The lowest BCUT2D eigenvalue weighted by molar-refractivity contribution is -0.158. The van der Waals surface area contributed by atoms with Crippen molar-refractivity contribution in [3.05, 3.63) is 12.2 Å². The van der Waals surface area contributed by atoms with E-state index in [1.165, 1.54) is 57.8 Å². The van der Waals surface area contributed by atoms with Gasteiger partial charge in [0, 0.05) is 6.42 Å². The Morgan fingerprint density at radius 3 is 1.84 bits per heavy atom. The first-order valence-corrected chi connectivity index (χ1v) is 10.2. The lowest BCUT2D eigenvalue weighted by Gasteiger charge is -2.02. The molecule has 0 aromatic rings. The van der Waals surface area contributed by atoms with Gasteiger partial charge in [0.25, 0.3) is 0 Å². The van der Waals surface area contributed by atoms with Gasteiger partial charge in [0.15, 0.2) is 0 Å². The van der Waals surface area contributed by atoms with Crippen molar-refractivity contribution in [2.75, 3.05) is 13.6 Å². The van der Waals surface area contributed by atoms with Gasteiger partial charge < -0.3 is 10.1 Å². The van der Waals surface area contributed by atoms with Gasteiger partial charge in [-0.05, 0) is 39.2 Å². The Hall–Kier alpha value is -1.16. The second-order valence-corrected chi connectivity index (χ2v) is 6.71. The second-order valence-electron chi connectivity index (χ2n) is 6.71. The van der Waals surface area contributed by atoms with Crippen molar-refractivity contribution in [2.24, 2.45) is 0 Å². The summed E-state index contributed by atoms with van der Waals surface area (Å²) < 4.78 is 4.66. The topological polar surface area (TPSA) is 55.4 Å². The van der Waals surface area contributed by atoms with E-state index in [1.807, 2.05) is 0 Å². The molecule has 0 amide bonds. The molecule has 25 heavy (non-hydrogen) atoms. The van der Waals surface area contributed by atoms with Gasteiger partial charge in [-0.3, -0.25) is 9.59 Å². The molecule has 0 aliphatic carbocycles. The number of allylic oxidation sites excluding steroid dienone is 2. The first kappa shape index (κ1) is 23.8. The molecule has 0 atom stereocenters. The Morgan fingerprint density at radius 2 is 1.28 bits per heavy atom. The average molecular weight is 354 g/mol. The summed E-state index contributed by atoms with van der Waals surface area (Å²) in [5.41, 5.74) is 0. The number of esters is 2. The van der Waals surface area contributed by atoms with Crippen LogP contribution < -0.4 is 5.32 Å². The van der Waals surface area contributed by atoms with E-state index < -0.39 is 11.9 Å². The minimum absolute atomic E-state index is 0.0815. The van der Waals surface area contributed by atoms with E-state index in [0.717, 1.165) is 25.7 Å². The Bertz CT molecular complexity index is 353. The lowest BCUT2D eigenvalue weighted by atomic mass is 10.1. The van der Waals surface area contributed by atoms with Crippen molar-refractivity contribution in [2.45, 2.75) is 96.8 Å². The van der Waals surface area contributed by atoms with Crippen LogP contribution in [0.5, 0.6) is 0 Å². The maximum atomic E-state index is 11.4. The van der Waals surface area contributed by atoms with Crippen LogP contribution in [0.4, 0.5) is 0 Å². The summed E-state index contributed by atoms with van der Waals surface area (Å²) in [7, 11) is 1.65. The molecule has 0 bridgehead atoms. The summed E-state index contributed by atoms with van der Waals surface area (Å²) in [5.74, 6) is -0.905. The molecule has 0 aliphatic rings. The van der Waals surface area contributed by atoms with E-state index in [2.05, 4.69) is 29.1 Å². The highest BCUT2D eigenvalue weighted by molar-refractivity contribution is 5.86. The molecule has 0 aromatic heterocycles. The highest BCUT2D eigenvalue weighted by atomic mass is 16.6. The molecule has 0 heterocycles. The number of rotatable bonds is 17. The van der Waals surface area contributed by atoms with Gasteiger partial charge in [0.1, 0.15) is 0 Å². The molecule has 4 heteroatoms. The number of carbonyl (C=O) groups excluding carboxylic acids is 2. The molecule has 0 aliphatic heterocycles. The van der Waals surface area contributed by atoms with E-state index >= 15 is 0 Å². The van der Waals surface area contributed by atoms with Crippen LogP contribution in [0.2, 0.25) is 0 Å². The number of carbonyl (C=O) groups is 2. The third kappa shape index (κ3) is 19.0. The summed E-state index contributed by atoms with van der Waals surface area (Å²) in [6, 6.07) is 0. The normalized spacial score (nSPS) is 11.1. The highest BCUT2D eigenvalue weighted by Gasteiger charge is 2.08. The van der Waals surface area contributed by atoms with Crippen molar-refractivity contribution in [3.8, 4) is 0 Å². The number of likely N-dealkylation sites (N-methyl/N-ethyl adjacent to an activating group) is 1. The molecule has 0 fully saturated rings. The van der Waals surface area contributed by atoms with Crippen LogP contribution in [0.1, 0.15) is 96.8 Å². The lowest BCUT2D eigenvalue weighted by Crippen LogP contribution is -2.23. The monoisotopic (exact) mass is 353 g/mol. The van der Waals surface area contributed by atoms with Gasteiger partial charge in [-0.2, -0.15) is 0 Å². The van der Waals surface area contributed by atoms with Crippen LogP contribution in [-0.2, 0) is 14.3 Å². The third-order valence-corrected chi connectivity index (χ3v) is 4.19. The molecule has 0 saturated heterocycles. The fourth-order valence-electron chi connectivity index (χ4n) is 2.70. The molecule has 1 N–H and O–H groups in total. The van der Waals surface area contributed by atoms with Crippen LogP contribution in [-0.4, -0.2) is 25.5 Å². The zero-order chi connectivity index (χ0) is 18.6. The van der Waals surface area contributed by atoms with Crippen LogP contribution >= 0.6 is 0 Å². The Morgan fingerprint density at radius 1 is 0.760 bits per heavy atom. The minimum Gasteiger partial charge on any atom is -0.392 e. The number of nitrogens with one attached hydrogen (secondary N) is 1. The number of unbranched alkanes of at least 4 members (excludes halogenated alkanes) is 11. The quantitative estimate of drug-likeness (QED) is 0.166. The molecule has 0 saturated carbocycles. The van der Waals surface area contributed by atoms with E-state index in [4.69, 9.17) is 0 Å². The Kier molecular flexibility index (Phi) is 18.3. The summed E-state index contributed by atoms with van der Waals surface area (Å²) >= 11 is 0. The van der Waals surface area contributed by atoms with Gasteiger partial charge in [0.05, 0.1) is 6.54 Å². The minimum atomic E-state index is -0.500. The highest BCUT2D eigenvalue weighted by Crippen LogP contribution is 2.10. The number of ether oxygens (including phenoxy) is 1. The average Bonchev–Trinajstić information content (AvgIpc) is 2.58. The predicted molar refractivity (Wildman–Crippen MR) is 104 cm³/mol. The van der Waals surface area contributed by atoms with Crippen LogP contribution in [0, 0.1) is 0 Å². The van der Waals surface area contributed by atoms with E-state index in [0.29, 0.717) is 6.42 Å². The van der Waals surface area contributed by atoms with Gasteiger partial charge in [-0.1, -0.05) is 70.4 Å². The molecule has 146 valence electrons. The fraction of sp³-hybridized carbons (Fsp3) is 0.810. The molecule has 0 radical (unpaired) electrons. The zero-order valence-electron chi connectivity index (χ0n) is 16.5. The van der Waals surface area contributed by atoms with E-state index in [9.17, 15) is 9.59 Å². The first-order chi connectivity index (χ1) is 12.2. The van der Waals surface area contributed by atoms with Crippen molar-refractivity contribution >= 4 is 11.9 Å². The smallest absolute Gasteiger partial charge is 0.327 e. The van der Waals surface area contributed by atoms with Crippen molar-refractivity contribution < 1.29 is 14.3 Å². The van der Waals surface area contributed by atoms with Crippen molar-refractivity contribution in [1.82, 2.24) is 5.32 Å². The molecular weight excluding hydrogens is 314 g/mol. The van der Waals surface area contributed by atoms with Gasteiger partial charge >= 0.3 is 11.9 Å².